The molecule has 6 nitrogen and oxygen atoms in total. The Hall–Kier alpha value is -1.95. The van der Waals surface area contributed by atoms with Crippen LogP contribution in [-0.4, -0.2) is 34.4 Å². The molecule has 1 amide bonds. The zero-order valence-corrected chi connectivity index (χ0v) is 11.8. The molecule has 1 saturated carbocycles. The highest BCUT2D eigenvalue weighted by Crippen LogP contribution is 2.23. The van der Waals surface area contributed by atoms with Gasteiger partial charge in [-0.3, -0.25) is 14.9 Å². The molecule has 1 unspecified atom stereocenters. The molecule has 2 aliphatic rings. The lowest BCUT2D eigenvalue weighted by Gasteiger charge is -2.33. The number of nitro benzene ring substituents is 1. The molecule has 1 heterocycles. The van der Waals surface area contributed by atoms with Gasteiger partial charge in [-0.2, -0.15) is 0 Å². The first-order valence-electron chi connectivity index (χ1n) is 7.41. The largest absolute Gasteiger partial charge is 0.337 e. The van der Waals surface area contributed by atoms with Crippen molar-refractivity contribution in [3.8, 4) is 0 Å². The Bertz CT molecular complexity index is 557. The molecule has 2 fully saturated rings. The van der Waals surface area contributed by atoms with Crippen LogP contribution in [0.1, 0.15) is 31.2 Å². The molecule has 1 aliphatic heterocycles. The number of piperidine rings is 1. The second-order valence-electron chi connectivity index (χ2n) is 5.82. The molecule has 0 aromatic heterocycles. The first kappa shape index (κ1) is 14.0. The summed E-state index contributed by atoms with van der Waals surface area (Å²) in [4.78, 5) is 24.7. The third-order valence-corrected chi connectivity index (χ3v) is 4.04. The van der Waals surface area contributed by atoms with Gasteiger partial charge in [0, 0.05) is 31.3 Å². The Kier molecular flexibility index (Phi) is 3.88. The Morgan fingerprint density at radius 3 is 2.86 bits per heavy atom. The lowest BCUT2D eigenvalue weighted by molar-refractivity contribution is -0.384. The average molecular weight is 289 g/mol. The van der Waals surface area contributed by atoms with Gasteiger partial charge in [0.25, 0.3) is 5.69 Å². The number of rotatable bonds is 5. The molecule has 0 spiro atoms. The van der Waals surface area contributed by atoms with E-state index in [0.717, 1.165) is 37.8 Å². The van der Waals surface area contributed by atoms with Gasteiger partial charge in [-0.05, 0) is 31.2 Å². The molecule has 1 aliphatic carbocycles. The summed E-state index contributed by atoms with van der Waals surface area (Å²) in [6, 6.07) is 6.95. The number of benzene rings is 1. The lowest BCUT2D eigenvalue weighted by Crippen LogP contribution is -2.50. The van der Waals surface area contributed by atoms with E-state index in [-0.39, 0.29) is 17.6 Å². The van der Waals surface area contributed by atoms with E-state index < -0.39 is 4.92 Å². The predicted octanol–water partition coefficient (Wildman–Crippen LogP) is 1.84. The van der Waals surface area contributed by atoms with Crippen LogP contribution in [0, 0.1) is 10.1 Å². The Balaban J connectivity index is 1.66. The fraction of sp³-hybridized carbons (Fsp3) is 0.533. The van der Waals surface area contributed by atoms with Crippen LogP contribution in [0.3, 0.4) is 0 Å². The van der Waals surface area contributed by atoms with E-state index in [0.29, 0.717) is 12.6 Å². The van der Waals surface area contributed by atoms with Crippen LogP contribution in [0.25, 0.3) is 0 Å². The number of hydrogen-bond acceptors (Lipinski definition) is 4. The number of amides is 1. The van der Waals surface area contributed by atoms with Crippen molar-refractivity contribution >= 4 is 11.6 Å². The van der Waals surface area contributed by atoms with Crippen molar-refractivity contribution < 1.29 is 9.72 Å². The van der Waals surface area contributed by atoms with E-state index >= 15 is 0 Å². The zero-order chi connectivity index (χ0) is 14.8. The average Bonchev–Trinajstić information content (AvgIpc) is 3.28. The van der Waals surface area contributed by atoms with Crippen LogP contribution in [-0.2, 0) is 11.3 Å². The molecule has 21 heavy (non-hydrogen) atoms. The van der Waals surface area contributed by atoms with Crippen molar-refractivity contribution in [2.75, 3.05) is 6.54 Å². The normalized spacial score (nSPS) is 22.4. The van der Waals surface area contributed by atoms with Gasteiger partial charge >= 0.3 is 0 Å². The molecule has 3 rings (SSSR count). The Labute approximate surface area is 123 Å². The molecular weight excluding hydrogens is 270 g/mol. The number of nitrogens with one attached hydrogen (secondary N) is 1. The van der Waals surface area contributed by atoms with Crippen LogP contribution in [0.15, 0.2) is 24.3 Å². The number of likely N-dealkylation sites (tertiary alicyclic amines) is 1. The molecule has 1 aromatic carbocycles. The SMILES string of the molecule is O=C1C(NC2CC2)CCCN1Cc1cccc([N+](=O)[O-])c1. The van der Waals surface area contributed by atoms with Gasteiger partial charge in [0.05, 0.1) is 11.0 Å². The van der Waals surface area contributed by atoms with Gasteiger partial charge in [-0.25, -0.2) is 0 Å². The zero-order valence-electron chi connectivity index (χ0n) is 11.8. The smallest absolute Gasteiger partial charge is 0.269 e. The van der Waals surface area contributed by atoms with E-state index in [1.54, 1.807) is 12.1 Å². The Morgan fingerprint density at radius 2 is 2.14 bits per heavy atom. The first-order valence-corrected chi connectivity index (χ1v) is 7.41. The fourth-order valence-electron chi connectivity index (χ4n) is 2.78. The van der Waals surface area contributed by atoms with Gasteiger partial charge in [-0.1, -0.05) is 12.1 Å². The van der Waals surface area contributed by atoms with Crippen molar-refractivity contribution in [1.82, 2.24) is 10.2 Å². The maximum atomic E-state index is 12.4. The number of nitro groups is 1. The first-order chi connectivity index (χ1) is 10.1. The summed E-state index contributed by atoms with van der Waals surface area (Å²) in [7, 11) is 0. The van der Waals surface area contributed by atoms with Gasteiger partial charge in [-0.15, -0.1) is 0 Å². The van der Waals surface area contributed by atoms with Gasteiger partial charge < -0.3 is 10.2 Å². The van der Waals surface area contributed by atoms with Crippen molar-refractivity contribution in [3.63, 3.8) is 0 Å². The molecular formula is C15H19N3O3. The van der Waals surface area contributed by atoms with Crippen molar-refractivity contribution in [3.05, 3.63) is 39.9 Å². The lowest BCUT2D eigenvalue weighted by atomic mass is 10.0. The monoisotopic (exact) mass is 289 g/mol. The van der Waals surface area contributed by atoms with Gasteiger partial charge in [0.2, 0.25) is 5.91 Å². The Morgan fingerprint density at radius 1 is 1.33 bits per heavy atom. The highest BCUT2D eigenvalue weighted by molar-refractivity contribution is 5.82. The number of carbonyl (C=O) groups excluding carboxylic acids is 1. The molecule has 1 atom stereocenters. The van der Waals surface area contributed by atoms with Crippen LogP contribution in [0.2, 0.25) is 0 Å². The van der Waals surface area contributed by atoms with Crippen molar-refractivity contribution in [1.29, 1.82) is 0 Å². The highest BCUT2D eigenvalue weighted by atomic mass is 16.6. The second kappa shape index (κ2) is 5.81. The number of carbonyl (C=O) groups is 1. The van der Waals surface area contributed by atoms with Crippen molar-refractivity contribution in [2.24, 2.45) is 0 Å². The van der Waals surface area contributed by atoms with Crippen molar-refractivity contribution in [2.45, 2.75) is 44.3 Å². The standard InChI is InChI=1S/C15H19N3O3/c19-15-14(16-12-6-7-12)5-2-8-17(15)10-11-3-1-4-13(9-11)18(20)21/h1,3-4,9,12,14,16H,2,5-8,10H2. The minimum Gasteiger partial charge on any atom is -0.337 e. The van der Waals surface area contributed by atoms with E-state index in [4.69, 9.17) is 0 Å². The topological polar surface area (TPSA) is 75.5 Å². The molecule has 1 N–H and O–H groups in total. The second-order valence-corrected chi connectivity index (χ2v) is 5.82. The molecule has 0 radical (unpaired) electrons. The highest BCUT2D eigenvalue weighted by Gasteiger charge is 2.33. The van der Waals surface area contributed by atoms with E-state index in [9.17, 15) is 14.9 Å². The minimum atomic E-state index is -0.404. The third-order valence-electron chi connectivity index (χ3n) is 4.04. The van der Waals surface area contributed by atoms with E-state index in [1.165, 1.54) is 6.07 Å². The van der Waals surface area contributed by atoms with Crippen LogP contribution in [0.5, 0.6) is 0 Å². The van der Waals surface area contributed by atoms with Crippen LogP contribution >= 0.6 is 0 Å². The van der Waals surface area contributed by atoms with Crippen LogP contribution < -0.4 is 5.32 Å². The summed E-state index contributed by atoms with van der Waals surface area (Å²) in [5.41, 5.74) is 0.884. The summed E-state index contributed by atoms with van der Waals surface area (Å²) < 4.78 is 0. The molecule has 112 valence electrons. The summed E-state index contributed by atoms with van der Waals surface area (Å²) in [5, 5.41) is 14.2. The summed E-state index contributed by atoms with van der Waals surface area (Å²) in [6.45, 7) is 1.17. The summed E-state index contributed by atoms with van der Waals surface area (Å²) in [6.07, 6.45) is 4.19. The predicted molar refractivity (Wildman–Crippen MR) is 77.7 cm³/mol. The minimum absolute atomic E-state index is 0.0737. The molecule has 1 saturated heterocycles. The maximum Gasteiger partial charge on any atom is 0.269 e. The number of nitrogens with zero attached hydrogens (tertiary/aromatic N) is 2. The number of non-ortho nitro benzene ring substituents is 1. The molecule has 0 bridgehead atoms. The van der Waals surface area contributed by atoms with Gasteiger partial charge in [0.15, 0.2) is 0 Å². The number of hydrogen-bond donors (Lipinski definition) is 1. The fourth-order valence-corrected chi connectivity index (χ4v) is 2.78. The van der Waals surface area contributed by atoms with Gasteiger partial charge in [0.1, 0.15) is 0 Å². The van der Waals surface area contributed by atoms with E-state index in [2.05, 4.69) is 5.32 Å². The summed E-state index contributed by atoms with van der Waals surface area (Å²) >= 11 is 0. The summed E-state index contributed by atoms with van der Waals surface area (Å²) in [5.74, 6) is 0.125. The molecule has 1 aromatic rings. The van der Waals surface area contributed by atoms with Crippen LogP contribution in [0.4, 0.5) is 5.69 Å². The molecule has 6 heteroatoms. The quantitative estimate of drug-likeness (QED) is 0.663. The maximum absolute atomic E-state index is 12.4. The van der Waals surface area contributed by atoms with E-state index in [1.807, 2.05) is 11.0 Å². The third kappa shape index (κ3) is 3.39.